The van der Waals surface area contributed by atoms with Crippen LogP contribution in [0, 0.1) is 5.82 Å². The van der Waals surface area contributed by atoms with Crippen LogP contribution in [-0.4, -0.2) is 4.98 Å². The molecule has 0 aliphatic heterocycles. The fourth-order valence-electron chi connectivity index (χ4n) is 2.78. The SMILES string of the molecule is Fc1cccc(CCC(NCc2cc[nH]c2)c2ccccc2)c1. The molecular weight excluding hydrogens is 287 g/mol. The van der Waals surface area contributed by atoms with E-state index in [0.29, 0.717) is 0 Å². The third-order valence-corrected chi connectivity index (χ3v) is 4.03. The topological polar surface area (TPSA) is 27.8 Å². The van der Waals surface area contributed by atoms with E-state index in [9.17, 15) is 4.39 Å². The minimum Gasteiger partial charge on any atom is -0.367 e. The van der Waals surface area contributed by atoms with Crippen LogP contribution in [0.3, 0.4) is 0 Å². The summed E-state index contributed by atoms with van der Waals surface area (Å²) in [6.07, 6.45) is 5.71. The van der Waals surface area contributed by atoms with Crippen molar-refractivity contribution in [2.75, 3.05) is 0 Å². The number of hydrogen-bond donors (Lipinski definition) is 2. The zero-order valence-corrected chi connectivity index (χ0v) is 13.0. The zero-order chi connectivity index (χ0) is 15.9. The highest BCUT2D eigenvalue weighted by atomic mass is 19.1. The Hall–Kier alpha value is -2.39. The van der Waals surface area contributed by atoms with Crippen molar-refractivity contribution >= 4 is 0 Å². The van der Waals surface area contributed by atoms with E-state index < -0.39 is 0 Å². The summed E-state index contributed by atoms with van der Waals surface area (Å²) in [5.74, 6) is -0.168. The largest absolute Gasteiger partial charge is 0.367 e. The molecule has 3 rings (SSSR count). The lowest BCUT2D eigenvalue weighted by atomic mass is 9.98. The molecule has 0 fully saturated rings. The van der Waals surface area contributed by atoms with Gasteiger partial charge in [-0.05, 0) is 47.7 Å². The number of aryl methyl sites for hydroxylation is 1. The van der Waals surface area contributed by atoms with E-state index in [2.05, 4.69) is 40.6 Å². The van der Waals surface area contributed by atoms with Gasteiger partial charge in [0.1, 0.15) is 5.82 Å². The maximum Gasteiger partial charge on any atom is 0.123 e. The maximum absolute atomic E-state index is 13.3. The number of halogens is 1. The molecule has 2 N–H and O–H groups in total. The first kappa shape index (κ1) is 15.5. The molecule has 1 atom stereocenters. The van der Waals surface area contributed by atoms with Gasteiger partial charge in [-0.1, -0.05) is 42.5 Å². The highest BCUT2D eigenvalue weighted by Crippen LogP contribution is 2.20. The van der Waals surface area contributed by atoms with Crippen molar-refractivity contribution in [1.29, 1.82) is 0 Å². The molecule has 3 heteroatoms. The van der Waals surface area contributed by atoms with Gasteiger partial charge in [-0.3, -0.25) is 0 Å². The Bertz CT molecular complexity index is 708. The van der Waals surface area contributed by atoms with Crippen LogP contribution in [0.1, 0.15) is 29.2 Å². The Morgan fingerprint density at radius 2 is 1.83 bits per heavy atom. The standard InChI is InChI=1S/C20H21FN2/c21-19-8-4-5-16(13-19)9-10-20(18-6-2-1-3-7-18)23-15-17-11-12-22-14-17/h1-8,11-14,20,22-23H,9-10,15H2. The number of aromatic nitrogens is 1. The summed E-state index contributed by atoms with van der Waals surface area (Å²) in [4.78, 5) is 3.08. The first-order valence-electron chi connectivity index (χ1n) is 7.96. The quantitative estimate of drug-likeness (QED) is 0.655. The number of benzene rings is 2. The minimum atomic E-state index is -0.168. The summed E-state index contributed by atoms with van der Waals surface area (Å²) in [5, 5.41) is 3.61. The van der Waals surface area contributed by atoms with Gasteiger partial charge in [0.2, 0.25) is 0 Å². The van der Waals surface area contributed by atoms with E-state index in [-0.39, 0.29) is 11.9 Å². The normalized spacial score (nSPS) is 12.2. The van der Waals surface area contributed by atoms with Crippen LogP contribution in [0.15, 0.2) is 73.1 Å². The second kappa shape index (κ2) is 7.75. The molecular formula is C20H21FN2. The van der Waals surface area contributed by atoms with Gasteiger partial charge in [-0.15, -0.1) is 0 Å². The Kier molecular flexibility index (Phi) is 5.22. The number of rotatable bonds is 7. The van der Waals surface area contributed by atoms with E-state index in [0.717, 1.165) is 24.9 Å². The van der Waals surface area contributed by atoms with Gasteiger partial charge in [0.05, 0.1) is 0 Å². The lowest BCUT2D eigenvalue weighted by Crippen LogP contribution is -2.21. The Morgan fingerprint density at radius 3 is 2.57 bits per heavy atom. The lowest BCUT2D eigenvalue weighted by Gasteiger charge is -2.19. The highest BCUT2D eigenvalue weighted by Gasteiger charge is 2.11. The van der Waals surface area contributed by atoms with Crippen LogP contribution in [0.5, 0.6) is 0 Å². The molecule has 1 aromatic heterocycles. The summed E-state index contributed by atoms with van der Waals surface area (Å²) in [5.41, 5.74) is 3.53. The molecule has 1 unspecified atom stereocenters. The highest BCUT2D eigenvalue weighted by molar-refractivity contribution is 5.21. The Morgan fingerprint density at radius 1 is 0.957 bits per heavy atom. The van der Waals surface area contributed by atoms with Crippen molar-refractivity contribution in [2.45, 2.75) is 25.4 Å². The van der Waals surface area contributed by atoms with Gasteiger partial charge in [0, 0.05) is 25.0 Å². The van der Waals surface area contributed by atoms with E-state index in [4.69, 9.17) is 0 Å². The number of hydrogen-bond acceptors (Lipinski definition) is 1. The van der Waals surface area contributed by atoms with Gasteiger partial charge < -0.3 is 10.3 Å². The minimum absolute atomic E-state index is 0.168. The fraction of sp³-hybridized carbons (Fsp3) is 0.200. The molecule has 0 spiro atoms. The molecule has 1 heterocycles. The van der Waals surface area contributed by atoms with Crippen molar-refractivity contribution in [3.05, 3.63) is 95.6 Å². The van der Waals surface area contributed by atoms with E-state index in [1.807, 2.05) is 24.5 Å². The average Bonchev–Trinajstić information content (AvgIpc) is 3.09. The number of aromatic amines is 1. The van der Waals surface area contributed by atoms with Gasteiger partial charge in [0.25, 0.3) is 0 Å². The summed E-state index contributed by atoms with van der Waals surface area (Å²) >= 11 is 0. The summed E-state index contributed by atoms with van der Waals surface area (Å²) in [7, 11) is 0. The van der Waals surface area contributed by atoms with Gasteiger partial charge >= 0.3 is 0 Å². The van der Waals surface area contributed by atoms with Crippen LogP contribution in [0.25, 0.3) is 0 Å². The van der Waals surface area contributed by atoms with Gasteiger partial charge in [0.15, 0.2) is 0 Å². The van der Waals surface area contributed by atoms with E-state index in [1.165, 1.54) is 17.2 Å². The number of nitrogens with one attached hydrogen (secondary N) is 2. The third-order valence-electron chi connectivity index (χ3n) is 4.03. The second-order valence-electron chi connectivity index (χ2n) is 5.73. The molecule has 0 aliphatic rings. The predicted molar refractivity (Wildman–Crippen MR) is 91.5 cm³/mol. The molecule has 0 amide bonds. The molecule has 0 saturated heterocycles. The average molecular weight is 308 g/mol. The first-order chi connectivity index (χ1) is 11.3. The molecule has 3 aromatic rings. The van der Waals surface area contributed by atoms with Crippen molar-refractivity contribution in [1.82, 2.24) is 10.3 Å². The molecule has 2 aromatic carbocycles. The van der Waals surface area contributed by atoms with Crippen molar-refractivity contribution < 1.29 is 4.39 Å². The Balaban J connectivity index is 1.67. The molecule has 0 aliphatic carbocycles. The zero-order valence-electron chi connectivity index (χ0n) is 13.0. The van der Waals surface area contributed by atoms with Crippen LogP contribution < -0.4 is 5.32 Å². The summed E-state index contributed by atoms with van der Waals surface area (Å²) in [6.45, 7) is 0.812. The van der Waals surface area contributed by atoms with Crippen LogP contribution >= 0.6 is 0 Å². The first-order valence-corrected chi connectivity index (χ1v) is 7.96. The van der Waals surface area contributed by atoms with E-state index >= 15 is 0 Å². The van der Waals surface area contributed by atoms with Gasteiger partial charge in [-0.25, -0.2) is 4.39 Å². The molecule has 0 radical (unpaired) electrons. The van der Waals surface area contributed by atoms with Crippen LogP contribution in [0.2, 0.25) is 0 Å². The van der Waals surface area contributed by atoms with Gasteiger partial charge in [-0.2, -0.15) is 0 Å². The molecule has 0 saturated carbocycles. The summed E-state index contributed by atoms with van der Waals surface area (Å²) < 4.78 is 13.3. The van der Waals surface area contributed by atoms with E-state index in [1.54, 1.807) is 12.1 Å². The monoisotopic (exact) mass is 308 g/mol. The van der Waals surface area contributed by atoms with Crippen LogP contribution in [-0.2, 0) is 13.0 Å². The second-order valence-corrected chi connectivity index (χ2v) is 5.73. The fourth-order valence-corrected chi connectivity index (χ4v) is 2.78. The van der Waals surface area contributed by atoms with Crippen molar-refractivity contribution in [3.8, 4) is 0 Å². The lowest BCUT2D eigenvalue weighted by molar-refractivity contribution is 0.498. The third kappa shape index (κ3) is 4.54. The summed E-state index contributed by atoms with van der Waals surface area (Å²) in [6, 6.07) is 19.6. The maximum atomic E-state index is 13.3. The number of H-pyrrole nitrogens is 1. The smallest absolute Gasteiger partial charge is 0.123 e. The predicted octanol–water partition coefficient (Wildman–Crippen LogP) is 4.62. The van der Waals surface area contributed by atoms with Crippen LogP contribution in [0.4, 0.5) is 4.39 Å². The molecule has 23 heavy (non-hydrogen) atoms. The molecule has 2 nitrogen and oxygen atoms in total. The van der Waals surface area contributed by atoms with Crippen molar-refractivity contribution in [2.24, 2.45) is 0 Å². The molecule has 118 valence electrons. The molecule has 0 bridgehead atoms. The van der Waals surface area contributed by atoms with Crippen molar-refractivity contribution in [3.63, 3.8) is 0 Å². The Labute approximate surface area is 136 Å².